The molecular weight excluding hydrogens is 587 g/mol. The Morgan fingerprint density at radius 2 is 1.91 bits per heavy atom. The summed E-state index contributed by atoms with van der Waals surface area (Å²) in [6.45, 7) is 4.11. The van der Waals surface area contributed by atoms with Gasteiger partial charge in [0.1, 0.15) is 29.3 Å². The lowest BCUT2D eigenvalue weighted by atomic mass is 9.89. The predicted octanol–water partition coefficient (Wildman–Crippen LogP) is 6.50. The Hall–Kier alpha value is -3.99. The number of ether oxygens (including phenoxy) is 3. The maximum atomic E-state index is 13.8. The molecule has 9 nitrogen and oxygen atoms in total. The molecule has 0 N–H and O–H groups in total. The fourth-order valence-corrected chi connectivity index (χ4v) is 6.35. The van der Waals surface area contributed by atoms with Crippen molar-refractivity contribution in [3.05, 3.63) is 88.3 Å². The number of furan rings is 1. The topological polar surface area (TPSA) is 91.8 Å². The molecule has 228 valence electrons. The Labute approximate surface area is 258 Å². The number of aromatic nitrogens is 3. The van der Waals surface area contributed by atoms with Crippen LogP contribution in [-0.4, -0.2) is 58.3 Å². The zero-order chi connectivity index (χ0) is 30.2. The fourth-order valence-electron chi connectivity index (χ4n) is 6.15. The van der Waals surface area contributed by atoms with E-state index in [2.05, 4.69) is 20.5 Å². The monoisotopic (exact) mass is 618 g/mol. The summed E-state index contributed by atoms with van der Waals surface area (Å²) >= 11 is 6.23. The van der Waals surface area contributed by atoms with Gasteiger partial charge in [0.05, 0.1) is 31.3 Å². The van der Waals surface area contributed by atoms with Gasteiger partial charge in [0.2, 0.25) is 0 Å². The Morgan fingerprint density at radius 3 is 2.68 bits per heavy atom. The molecule has 2 aliphatic rings. The lowest BCUT2D eigenvalue weighted by Crippen LogP contribution is -2.35. The molecule has 0 bridgehead atoms. The van der Waals surface area contributed by atoms with Crippen molar-refractivity contribution < 1.29 is 27.8 Å². The fraction of sp³-hybridized carbons (Fsp3) is 0.364. The first kappa shape index (κ1) is 28.8. The SMILES string of the molecule is COC(=O)c1ccc2nc(CN3CCC(c4ccccc4OCc4ccc(Cl)c5cc(F)oc45)CC3)n(C[C@@H]3CCO3)c2n1. The third-order valence-corrected chi connectivity index (χ3v) is 8.95. The number of methoxy groups -OCH3 is 1. The van der Waals surface area contributed by atoms with Gasteiger partial charge in [-0.15, -0.1) is 0 Å². The number of fused-ring (bicyclic) bond motifs is 2. The zero-order valence-corrected chi connectivity index (χ0v) is 25.1. The number of hydrogen-bond donors (Lipinski definition) is 0. The molecule has 2 saturated heterocycles. The molecule has 11 heteroatoms. The Balaban J connectivity index is 1.05. The number of carbonyl (C=O) groups is 1. The average molecular weight is 619 g/mol. The Bertz CT molecular complexity index is 1830. The molecule has 0 amide bonds. The van der Waals surface area contributed by atoms with Crippen LogP contribution in [0.2, 0.25) is 5.02 Å². The number of piperidine rings is 1. The second kappa shape index (κ2) is 12.2. The van der Waals surface area contributed by atoms with Crippen molar-refractivity contribution >= 4 is 39.7 Å². The summed E-state index contributed by atoms with van der Waals surface area (Å²) in [5, 5.41) is 0.983. The first-order chi connectivity index (χ1) is 21.5. The summed E-state index contributed by atoms with van der Waals surface area (Å²) in [5.41, 5.74) is 4.00. The van der Waals surface area contributed by atoms with Gasteiger partial charge < -0.3 is 23.2 Å². The average Bonchev–Trinajstić information content (AvgIpc) is 3.58. The third-order valence-electron chi connectivity index (χ3n) is 8.62. The minimum atomic E-state index is -0.671. The maximum Gasteiger partial charge on any atom is 0.356 e. The first-order valence-corrected chi connectivity index (χ1v) is 15.2. The molecule has 2 aromatic carbocycles. The molecule has 0 spiro atoms. The largest absolute Gasteiger partial charge is 0.488 e. The minimum absolute atomic E-state index is 0.118. The van der Waals surface area contributed by atoms with Crippen molar-refractivity contribution in [2.45, 2.75) is 51.0 Å². The summed E-state index contributed by atoms with van der Waals surface area (Å²) in [5.74, 6) is 1.59. The molecule has 0 aliphatic carbocycles. The van der Waals surface area contributed by atoms with Gasteiger partial charge in [-0.1, -0.05) is 35.9 Å². The van der Waals surface area contributed by atoms with E-state index in [1.165, 1.54) is 13.2 Å². The van der Waals surface area contributed by atoms with Crippen LogP contribution in [0.5, 0.6) is 5.75 Å². The van der Waals surface area contributed by atoms with E-state index in [0.29, 0.717) is 40.6 Å². The van der Waals surface area contributed by atoms with Crippen LogP contribution in [0, 0.1) is 6.01 Å². The van der Waals surface area contributed by atoms with Crippen LogP contribution in [0.4, 0.5) is 4.39 Å². The smallest absolute Gasteiger partial charge is 0.356 e. The van der Waals surface area contributed by atoms with E-state index in [-0.39, 0.29) is 18.4 Å². The summed E-state index contributed by atoms with van der Waals surface area (Å²) in [6, 6.07) is 15.8. The van der Waals surface area contributed by atoms with Crippen LogP contribution in [-0.2, 0) is 29.2 Å². The van der Waals surface area contributed by atoms with E-state index in [9.17, 15) is 9.18 Å². The molecule has 2 fully saturated rings. The second-order valence-corrected chi connectivity index (χ2v) is 11.7. The van der Waals surface area contributed by atoms with Gasteiger partial charge in [0.15, 0.2) is 11.3 Å². The highest BCUT2D eigenvalue weighted by Gasteiger charge is 2.27. The summed E-state index contributed by atoms with van der Waals surface area (Å²) < 4.78 is 38.1. The van der Waals surface area contributed by atoms with Crippen LogP contribution in [0.3, 0.4) is 0 Å². The molecule has 0 radical (unpaired) electrons. The third kappa shape index (κ3) is 5.65. The van der Waals surface area contributed by atoms with E-state index in [0.717, 1.165) is 67.2 Å². The number of imidazole rings is 1. The number of rotatable bonds is 9. The highest BCUT2D eigenvalue weighted by molar-refractivity contribution is 6.35. The lowest BCUT2D eigenvalue weighted by molar-refractivity contribution is -0.0593. The van der Waals surface area contributed by atoms with Gasteiger partial charge in [-0.3, -0.25) is 4.90 Å². The van der Waals surface area contributed by atoms with Crippen molar-refractivity contribution in [3.63, 3.8) is 0 Å². The minimum Gasteiger partial charge on any atom is -0.488 e. The zero-order valence-electron chi connectivity index (χ0n) is 24.3. The quantitative estimate of drug-likeness (QED) is 0.173. The number of carbonyl (C=O) groups excluding carboxylic acids is 1. The maximum absolute atomic E-state index is 13.8. The van der Waals surface area contributed by atoms with E-state index < -0.39 is 12.0 Å². The van der Waals surface area contributed by atoms with Crippen molar-refractivity contribution in [3.8, 4) is 5.75 Å². The van der Waals surface area contributed by atoms with Crippen LogP contribution in [0.1, 0.15) is 52.6 Å². The van der Waals surface area contributed by atoms with Crippen LogP contribution >= 0.6 is 11.6 Å². The molecule has 0 saturated carbocycles. The van der Waals surface area contributed by atoms with Gasteiger partial charge in [-0.25, -0.2) is 14.8 Å². The summed E-state index contributed by atoms with van der Waals surface area (Å²) in [6.07, 6.45) is 3.04. The molecule has 0 unspecified atom stereocenters. The van der Waals surface area contributed by atoms with E-state index in [4.69, 9.17) is 35.2 Å². The summed E-state index contributed by atoms with van der Waals surface area (Å²) in [7, 11) is 1.35. The number of nitrogens with zero attached hydrogens (tertiary/aromatic N) is 4. The second-order valence-electron chi connectivity index (χ2n) is 11.3. The first-order valence-electron chi connectivity index (χ1n) is 14.8. The Morgan fingerprint density at radius 1 is 1.09 bits per heavy atom. The van der Waals surface area contributed by atoms with Crippen LogP contribution < -0.4 is 4.74 Å². The lowest BCUT2D eigenvalue weighted by Gasteiger charge is -2.33. The van der Waals surface area contributed by atoms with Gasteiger partial charge in [-0.05, 0) is 68.1 Å². The predicted molar refractivity (Wildman–Crippen MR) is 162 cm³/mol. The number of hydrogen-bond acceptors (Lipinski definition) is 8. The number of para-hydroxylation sites is 1. The van der Waals surface area contributed by atoms with Gasteiger partial charge >= 0.3 is 5.97 Å². The highest BCUT2D eigenvalue weighted by atomic mass is 35.5. The molecule has 5 heterocycles. The van der Waals surface area contributed by atoms with Gasteiger partial charge in [0, 0.05) is 23.6 Å². The number of pyridine rings is 1. The summed E-state index contributed by atoms with van der Waals surface area (Å²) in [4.78, 5) is 24.1. The van der Waals surface area contributed by atoms with Crippen LogP contribution in [0.25, 0.3) is 22.1 Å². The Kier molecular flexibility index (Phi) is 7.97. The molecular formula is C33H32ClFN4O5. The van der Waals surface area contributed by atoms with E-state index in [1.54, 1.807) is 12.1 Å². The normalized spacial score (nSPS) is 17.7. The number of halogens is 2. The standard InChI is InChI=1S/C33H32ClFN4O5/c1-41-33(40)27-9-8-26-32(37-27)39(17-22-12-15-42-22)30(36-26)18-38-13-10-20(11-14-38)23-4-2-3-5-28(23)43-19-21-6-7-25(34)24-16-29(35)44-31(21)24/h2-9,16,20,22H,10-15,17-19H2,1H3/t22-/m0/s1. The number of likely N-dealkylation sites (tertiary alicyclic amines) is 1. The highest BCUT2D eigenvalue weighted by Crippen LogP contribution is 2.36. The number of esters is 1. The molecule has 1 atom stereocenters. The van der Waals surface area contributed by atoms with Crippen molar-refractivity contribution in [2.75, 3.05) is 26.8 Å². The van der Waals surface area contributed by atoms with Crippen LogP contribution in [0.15, 0.2) is 59.0 Å². The number of benzene rings is 2. The van der Waals surface area contributed by atoms with E-state index >= 15 is 0 Å². The molecule has 5 aromatic rings. The molecule has 7 rings (SSSR count). The van der Waals surface area contributed by atoms with Crippen molar-refractivity contribution in [2.24, 2.45) is 0 Å². The van der Waals surface area contributed by atoms with Gasteiger partial charge in [0.25, 0.3) is 6.01 Å². The molecule has 2 aliphatic heterocycles. The van der Waals surface area contributed by atoms with Crippen molar-refractivity contribution in [1.29, 1.82) is 0 Å². The molecule has 44 heavy (non-hydrogen) atoms. The van der Waals surface area contributed by atoms with Crippen molar-refractivity contribution in [1.82, 2.24) is 19.4 Å². The van der Waals surface area contributed by atoms with Gasteiger partial charge in [-0.2, -0.15) is 4.39 Å². The van der Waals surface area contributed by atoms with E-state index in [1.807, 2.05) is 30.3 Å². The molecule has 3 aromatic heterocycles.